The fraction of sp³-hybridized carbons (Fsp3) is 0.200. The first-order chi connectivity index (χ1) is 5.65. The minimum absolute atomic E-state index is 0.0822. The van der Waals surface area contributed by atoms with Crippen molar-refractivity contribution >= 4 is 0 Å². The summed E-state index contributed by atoms with van der Waals surface area (Å²) in [4.78, 5) is 0. The molecule has 2 N–H and O–H groups in total. The van der Waals surface area contributed by atoms with E-state index in [4.69, 9.17) is 10.2 Å². The van der Waals surface area contributed by atoms with E-state index in [9.17, 15) is 0 Å². The highest BCUT2D eigenvalue weighted by molar-refractivity contribution is 5.42. The molecule has 1 rings (SSSR count). The third kappa shape index (κ3) is 1.59. The Balaban J connectivity index is 3.04. The van der Waals surface area contributed by atoms with Crippen LogP contribution >= 0.6 is 0 Å². The molecule has 64 valence electrons. The molecular formula is C10H12O2. The largest absolute Gasteiger partial charge is 0.504 e. The van der Waals surface area contributed by atoms with E-state index in [-0.39, 0.29) is 17.4 Å². The summed E-state index contributed by atoms with van der Waals surface area (Å²) >= 11 is 0. The number of hydrogen-bond acceptors (Lipinski definition) is 2. The zero-order valence-corrected chi connectivity index (χ0v) is 6.99. The van der Waals surface area contributed by atoms with Crippen molar-refractivity contribution in [1.29, 1.82) is 0 Å². The Kier molecular flexibility index (Phi) is 2.38. The molecule has 12 heavy (non-hydrogen) atoms. The fourth-order valence-electron chi connectivity index (χ4n) is 0.960. The topological polar surface area (TPSA) is 40.5 Å². The minimum atomic E-state index is -0.0880. The van der Waals surface area contributed by atoms with Crippen LogP contribution in [0.2, 0.25) is 0 Å². The second-order valence-corrected chi connectivity index (χ2v) is 2.77. The Hall–Kier alpha value is -1.44. The highest BCUT2D eigenvalue weighted by Crippen LogP contribution is 2.28. The molecule has 0 aromatic heterocycles. The molecule has 0 aliphatic rings. The van der Waals surface area contributed by atoms with E-state index in [2.05, 4.69) is 6.58 Å². The van der Waals surface area contributed by atoms with E-state index < -0.39 is 0 Å². The number of aromatic hydroxyl groups is 2. The number of benzene rings is 1. The van der Waals surface area contributed by atoms with Crippen LogP contribution in [0.5, 0.6) is 11.5 Å². The molecule has 0 aliphatic carbocycles. The minimum Gasteiger partial charge on any atom is -0.504 e. The van der Waals surface area contributed by atoms with Crippen LogP contribution < -0.4 is 0 Å². The van der Waals surface area contributed by atoms with Crippen molar-refractivity contribution in [3.63, 3.8) is 0 Å². The Bertz CT molecular complexity index is 292. The SMILES string of the molecule is C=CC(C)c1ccc(O)c(O)c1. The summed E-state index contributed by atoms with van der Waals surface area (Å²) < 4.78 is 0. The van der Waals surface area contributed by atoms with E-state index in [1.807, 2.05) is 6.92 Å². The van der Waals surface area contributed by atoms with E-state index in [1.54, 1.807) is 18.2 Å². The standard InChI is InChI=1S/C10H12O2/c1-3-7(2)8-4-5-9(11)10(12)6-8/h3-7,11-12H,1H2,2H3. The quantitative estimate of drug-likeness (QED) is 0.520. The zero-order valence-electron chi connectivity index (χ0n) is 6.99. The molecule has 0 spiro atoms. The summed E-state index contributed by atoms with van der Waals surface area (Å²) in [5.41, 5.74) is 0.945. The molecule has 2 nitrogen and oxygen atoms in total. The highest BCUT2D eigenvalue weighted by Gasteiger charge is 2.04. The molecule has 0 fully saturated rings. The van der Waals surface area contributed by atoms with E-state index >= 15 is 0 Å². The van der Waals surface area contributed by atoms with Crippen LogP contribution in [0.3, 0.4) is 0 Å². The molecule has 0 saturated heterocycles. The van der Waals surface area contributed by atoms with E-state index in [1.165, 1.54) is 6.07 Å². The average Bonchev–Trinajstić information content (AvgIpc) is 2.08. The molecule has 0 bridgehead atoms. The van der Waals surface area contributed by atoms with Crippen LogP contribution in [0.1, 0.15) is 18.4 Å². The highest BCUT2D eigenvalue weighted by atomic mass is 16.3. The Morgan fingerprint density at radius 3 is 2.50 bits per heavy atom. The second-order valence-electron chi connectivity index (χ2n) is 2.77. The van der Waals surface area contributed by atoms with Gasteiger partial charge in [0, 0.05) is 0 Å². The lowest BCUT2D eigenvalue weighted by Gasteiger charge is -2.06. The predicted octanol–water partition coefficient (Wildman–Crippen LogP) is 2.39. The summed E-state index contributed by atoms with van der Waals surface area (Å²) in [5.74, 6) is 0.0210. The van der Waals surface area contributed by atoms with Gasteiger partial charge in [0.05, 0.1) is 0 Å². The normalized spacial score (nSPS) is 12.4. The van der Waals surface area contributed by atoms with Crippen molar-refractivity contribution in [2.75, 3.05) is 0 Å². The summed E-state index contributed by atoms with van der Waals surface area (Å²) in [6, 6.07) is 4.79. The molecule has 1 unspecified atom stereocenters. The molecule has 2 heteroatoms. The van der Waals surface area contributed by atoms with Gasteiger partial charge in [0.15, 0.2) is 11.5 Å². The molecule has 0 heterocycles. The van der Waals surface area contributed by atoms with Gasteiger partial charge in [0.25, 0.3) is 0 Å². The molecule has 1 aromatic rings. The van der Waals surface area contributed by atoms with Gasteiger partial charge in [-0.25, -0.2) is 0 Å². The van der Waals surface area contributed by atoms with Gasteiger partial charge < -0.3 is 10.2 Å². The number of allylic oxidation sites excluding steroid dienone is 1. The Labute approximate surface area is 71.8 Å². The zero-order chi connectivity index (χ0) is 9.14. The molecule has 0 radical (unpaired) electrons. The van der Waals surface area contributed by atoms with Crippen molar-refractivity contribution in [3.8, 4) is 11.5 Å². The van der Waals surface area contributed by atoms with Gasteiger partial charge in [-0.15, -0.1) is 6.58 Å². The van der Waals surface area contributed by atoms with Gasteiger partial charge in [-0.1, -0.05) is 19.1 Å². The van der Waals surface area contributed by atoms with Crippen LogP contribution in [0.25, 0.3) is 0 Å². The molecule has 0 saturated carbocycles. The van der Waals surface area contributed by atoms with Crippen LogP contribution in [0, 0.1) is 0 Å². The van der Waals surface area contributed by atoms with Gasteiger partial charge in [0.1, 0.15) is 0 Å². The number of phenols is 2. The average molecular weight is 164 g/mol. The maximum Gasteiger partial charge on any atom is 0.157 e. The third-order valence-corrected chi connectivity index (χ3v) is 1.88. The second kappa shape index (κ2) is 3.30. The van der Waals surface area contributed by atoms with Crippen molar-refractivity contribution in [2.24, 2.45) is 0 Å². The van der Waals surface area contributed by atoms with Gasteiger partial charge in [-0.2, -0.15) is 0 Å². The Morgan fingerprint density at radius 2 is 2.00 bits per heavy atom. The molecular weight excluding hydrogens is 152 g/mol. The first kappa shape index (κ1) is 8.65. The van der Waals surface area contributed by atoms with Gasteiger partial charge >= 0.3 is 0 Å². The number of hydrogen-bond donors (Lipinski definition) is 2. The summed E-state index contributed by atoms with van der Waals surface area (Å²) in [6.07, 6.45) is 1.78. The summed E-state index contributed by atoms with van der Waals surface area (Å²) in [5, 5.41) is 18.2. The maximum atomic E-state index is 9.16. The summed E-state index contributed by atoms with van der Waals surface area (Å²) in [6.45, 7) is 5.62. The van der Waals surface area contributed by atoms with Crippen LogP contribution in [0.15, 0.2) is 30.9 Å². The van der Waals surface area contributed by atoms with Crippen molar-refractivity contribution in [1.82, 2.24) is 0 Å². The monoisotopic (exact) mass is 164 g/mol. The summed E-state index contributed by atoms with van der Waals surface area (Å²) in [7, 11) is 0. The first-order valence-electron chi connectivity index (χ1n) is 3.79. The van der Waals surface area contributed by atoms with Gasteiger partial charge in [0.2, 0.25) is 0 Å². The van der Waals surface area contributed by atoms with Crippen LogP contribution in [0.4, 0.5) is 0 Å². The Morgan fingerprint density at radius 1 is 1.33 bits per heavy atom. The van der Waals surface area contributed by atoms with Gasteiger partial charge in [-0.05, 0) is 23.6 Å². The number of phenolic OH excluding ortho intramolecular Hbond substituents is 2. The lowest BCUT2D eigenvalue weighted by molar-refractivity contribution is 0.403. The molecule has 1 aromatic carbocycles. The predicted molar refractivity (Wildman–Crippen MR) is 48.4 cm³/mol. The lowest BCUT2D eigenvalue weighted by Crippen LogP contribution is -1.87. The van der Waals surface area contributed by atoms with Crippen molar-refractivity contribution in [2.45, 2.75) is 12.8 Å². The first-order valence-corrected chi connectivity index (χ1v) is 3.79. The van der Waals surface area contributed by atoms with Crippen LogP contribution in [-0.4, -0.2) is 10.2 Å². The van der Waals surface area contributed by atoms with Crippen LogP contribution in [-0.2, 0) is 0 Å². The van der Waals surface area contributed by atoms with E-state index in [0.29, 0.717) is 0 Å². The van der Waals surface area contributed by atoms with E-state index in [0.717, 1.165) is 5.56 Å². The van der Waals surface area contributed by atoms with Crippen molar-refractivity contribution in [3.05, 3.63) is 36.4 Å². The smallest absolute Gasteiger partial charge is 0.157 e. The van der Waals surface area contributed by atoms with Gasteiger partial charge in [-0.3, -0.25) is 0 Å². The van der Waals surface area contributed by atoms with Crippen molar-refractivity contribution < 1.29 is 10.2 Å². The fourth-order valence-corrected chi connectivity index (χ4v) is 0.960. The lowest BCUT2D eigenvalue weighted by atomic mass is 10.0. The molecule has 0 aliphatic heterocycles. The third-order valence-electron chi connectivity index (χ3n) is 1.88. The molecule has 0 amide bonds. The maximum absolute atomic E-state index is 9.16. The number of rotatable bonds is 2. The molecule has 1 atom stereocenters.